The second kappa shape index (κ2) is 8.01. The van der Waals surface area contributed by atoms with Gasteiger partial charge in [0.05, 0.1) is 18.0 Å². The van der Waals surface area contributed by atoms with Crippen LogP contribution in [0, 0.1) is 0 Å². The fourth-order valence-corrected chi connectivity index (χ4v) is 2.56. The van der Waals surface area contributed by atoms with Crippen LogP contribution in [-0.2, 0) is 10.0 Å². The Morgan fingerprint density at radius 1 is 1.21 bits per heavy atom. The van der Waals surface area contributed by atoms with Gasteiger partial charge < -0.3 is 10.1 Å². The highest BCUT2D eigenvalue weighted by molar-refractivity contribution is 7.92. The van der Waals surface area contributed by atoms with E-state index in [1.165, 1.54) is 0 Å². The molecule has 0 saturated carbocycles. The van der Waals surface area contributed by atoms with E-state index in [9.17, 15) is 8.42 Å². The Bertz CT molecular complexity index is 475. The molecule has 19 heavy (non-hydrogen) atoms. The molecular formula is C13H22N2O3S. The van der Waals surface area contributed by atoms with Crippen molar-refractivity contribution in [3.05, 3.63) is 24.3 Å². The van der Waals surface area contributed by atoms with Crippen LogP contribution in [0.2, 0.25) is 0 Å². The average molecular weight is 286 g/mol. The fraction of sp³-hybridized carbons (Fsp3) is 0.538. The Morgan fingerprint density at radius 3 is 2.68 bits per heavy atom. The van der Waals surface area contributed by atoms with Crippen molar-refractivity contribution in [1.29, 1.82) is 0 Å². The number of rotatable bonds is 9. The van der Waals surface area contributed by atoms with Gasteiger partial charge in [-0.05, 0) is 32.0 Å². The summed E-state index contributed by atoms with van der Waals surface area (Å²) in [5.41, 5.74) is 0.529. The molecule has 0 radical (unpaired) electrons. The van der Waals surface area contributed by atoms with E-state index in [0.29, 0.717) is 24.6 Å². The summed E-state index contributed by atoms with van der Waals surface area (Å²) in [6.07, 6.45) is 0.990. The molecule has 108 valence electrons. The Morgan fingerprint density at radius 2 is 2.00 bits per heavy atom. The van der Waals surface area contributed by atoms with Gasteiger partial charge in [0.15, 0.2) is 0 Å². The predicted octanol–water partition coefficient (Wildman–Crippen LogP) is 1.83. The number of benzene rings is 1. The summed E-state index contributed by atoms with van der Waals surface area (Å²) < 4.78 is 31.6. The Kier molecular flexibility index (Phi) is 6.66. The molecule has 1 aromatic rings. The molecule has 0 aliphatic rings. The molecule has 0 amide bonds. The third-order valence-corrected chi connectivity index (χ3v) is 3.68. The number of anilines is 1. The van der Waals surface area contributed by atoms with E-state index >= 15 is 0 Å². The molecule has 0 unspecified atom stereocenters. The van der Waals surface area contributed by atoms with Crippen LogP contribution < -0.4 is 14.8 Å². The predicted molar refractivity (Wildman–Crippen MR) is 78.2 cm³/mol. The van der Waals surface area contributed by atoms with E-state index in [2.05, 4.69) is 10.0 Å². The highest BCUT2D eigenvalue weighted by atomic mass is 32.2. The lowest BCUT2D eigenvalue weighted by Crippen LogP contribution is -2.27. The molecule has 1 rings (SSSR count). The third-order valence-electron chi connectivity index (χ3n) is 2.39. The van der Waals surface area contributed by atoms with E-state index in [1.54, 1.807) is 24.3 Å². The molecule has 0 aliphatic carbocycles. The molecule has 0 aromatic heterocycles. The van der Waals surface area contributed by atoms with Gasteiger partial charge in [-0.1, -0.05) is 13.0 Å². The summed E-state index contributed by atoms with van der Waals surface area (Å²) in [6.45, 7) is 5.76. The maximum atomic E-state index is 11.8. The number of hydrogen-bond acceptors (Lipinski definition) is 4. The molecular weight excluding hydrogens is 264 g/mol. The maximum Gasteiger partial charge on any atom is 0.233 e. The molecule has 5 nitrogen and oxygen atoms in total. The van der Waals surface area contributed by atoms with Crippen LogP contribution in [0.3, 0.4) is 0 Å². The average Bonchev–Trinajstić information content (AvgIpc) is 2.35. The zero-order chi connectivity index (χ0) is 14.1. The normalized spacial score (nSPS) is 11.3. The van der Waals surface area contributed by atoms with Gasteiger partial charge in [0.2, 0.25) is 10.0 Å². The van der Waals surface area contributed by atoms with Gasteiger partial charge >= 0.3 is 0 Å². The van der Waals surface area contributed by atoms with E-state index in [1.807, 2.05) is 13.8 Å². The molecule has 2 N–H and O–H groups in total. The van der Waals surface area contributed by atoms with Crippen LogP contribution >= 0.6 is 0 Å². The second-order valence-electron chi connectivity index (χ2n) is 4.13. The zero-order valence-electron chi connectivity index (χ0n) is 11.5. The van der Waals surface area contributed by atoms with Crippen LogP contribution in [0.15, 0.2) is 24.3 Å². The lowest BCUT2D eigenvalue weighted by atomic mass is 10.3. The quantitative estimate of drug-likeness (QED) is 0.680. The Balaban J connectivity index is 2.54. The molecule has 0 fully saturated rings. The van der Waals surface area contributed by atoms with Gasteiger partial charge in [-0.3, -0.25) is 4.72 Å². The van der Waals surface area contributed by atoms with Gasteiger partial charge in [0.25, 0.3) is 0 Å². The van der Waals surface area contributed by atoms with Crippen LogP contribution in [0.25, 0.3) is 0 Å². The standard InChI is InChI=1S/C13H22N2O3S/c1-3-8-14-9-10-19(16,17)15-12-6-5-7-13(11-12)18-4-2/h5-7,11,14-15H,3-4,8-10H2,1-2H3. The van der Waals surface area contributed by atoms with Gasteiger partial charge in [0.1, 0.15) is 5.75 Å². The number of hydrogen-bond donors (Lipinski definition) is 2. The largest absolute Gasteiger partial charge is 0.494 e. The van der Waals surface area contributed by atoms with Gasteiger partial charge in [-0.15, -0.1) is 0 Å². The van der Waals surface area contributed by atoms with Gasteiger partial charge in [-0.25, -0.2) is 8.42 Å². The number of sulfonamides is 1. The smallest absolute Gasteiger partial charge is 0.233 e. The molecule has 0 bridgehead atoms. The Hall–Kier alpha value is -1.27. The lowest BCUT2D eigenvalue weighted by Gasteiger charge is -2.10. The second-order valence-corrected chi connectivity index (χ2v) is 5.97. The van der Waals surface area contributed by atoms with Crippen molar-refractivity contribution < 1.29 is 13.2 Å². The van der Waals surface area contributed by atoms with Gasteiger partial charge in [-0.2, -0.15) is 0 Å². The molecule has 0 aliphatic heterocycles. The minimum atomic E-state index is -3.31. The number of ether oxygens (including phenoxy) is 1. The van der Waals surface area contributed by atoms with E-state index in [4.69, 9.17) is 4.74 Å². The first-order valence-corrected chi connectivity index (χ1v) is 8.16. The molecule has 0 heterocycles. The summed E-state index contributed by atoms with van der Waals surface area (Å²) in [6, 6.07) is 6.95. The zero-order valence-corrected chi connectivity index (χ0v) is 12.3. The fourth-order valence-electron chi connectivity index (χ4n) is 1.55. The molecule has 6 heteroatoms. The SMILES string of the molecule is CCCNCCS(=O)(=O)Nc1cccc(OCC)c1. The number of nitrogens with one attached hydrogen (secondary N) is 2. The maximum absolute atomic E-state index is 11.8. The monoisotopic (exact) mass is 286 g/mol. The van der Waals surface area contributed by atoms with Crippen LogP contribution in [0.5, 0.6) is 5.75 Å². The van der Waals surface area contributed by atoms with Crippen molar-refractivity contribution in [2.75, 3.05) is 30.2 Å². The van der Waals surface area contributed by atoms with Crippen molar-refractivity contribution in [3.8, 4) is 5.75 Å². The topological polar surface area (TPSA) is 67.4 Å². The first-order valence-electron chi connectivity index (χ1n) is 6.51. The molecule has 0 saturated heterocycles. The summed E-state index contributed by atoms with van der Waals surface area (Å²) in [5, 5.41) is 3.06. The summed E-state index contributed by atoms with van der Waals surface area (Å²) >= 11 is 0. The van der Waals surface area contributed by atoms with Crippen molar-refractivity contribution in [3.63, 3.8) is 0 Å². The lowest BCUT2D eigenvalue weighted by molar-refractivity contribution is 0.340. The minimum Gasteiger partial charge on any atom is -0.494 e. The molecule has 0 spiro atoms. The first-order chi connectivity index (χ1) is 9.07. The molecule has 1 aromatic carbocycles. The van der Waals surface area contributed by atoms with E-state index in [0.717, 1.165) is 13.0 Å². The van der Waals surface area contributed by atoms with Crippen molar-refractivity contribution >= 4 is 15.7 Å². The summed E-state index contributed by atoms with van der Waals surface area (Å²) in [4.78, 5) is 0. The van der Waals surface area contributed by atoms with E-state index < -0.39 is 10.0 Å². The summed E-state index contributed by atoms with van der Waals surface area (Å²) in [7, 11) is -3.31. The minimum absolute atomic E-state index is 0.0614. The van der Waals surface area contributed by atoms with Crippen molar-refractivity contribution in [2.24, 2.45) is 0 Å². The van der Waals surface area contributed by atoms with Crippen molar-refractivity contribution in [2.45, 2.75) is 20.3 Å². The molecule has 0 atom stereocenters. The van der Waals surface area contributed by atoms with E-state index in [-0.39, 0.29) is 5.75 Å². The first kappa shape index (κ1) is 15.8. The van der Waals surface area contributed by atoms with Crippen LogP contribution in [0.4, 0.5) is 5.69 Å². The highest BCUT2D eigenvalue weighted by Crippen LogP contribution is 2.18. The third kappa shape index (κ3) is 6.45. The van der Waals surface area contributed by atoms with Crippen LogP contribution in [0.1, 0.15) is 20.3 Å². The van der Waals surface area contributed by atoms with Crippen molar-refractivity contribution in [1.82, 2.24) is 5.32 Å². The Labute approximate surface area is 115 Å². The summed E-state index contributed by atoms with van der Waals surface area (Å²) in [5.74, 6) is 0.720. The van der Waals surface area contributed by atoms with Gasteiger partial charge in [0, 0.05) is 12.6 Å². The van der Waals surface area contributed by atoms with Crippen LogP contribution in [-0.4, -0.2) is 33.9 Å². The highest BCUT2D eigenvalue weighted by Gasteiger charge is 2.10.